The van der Waals surface area contributed by atoms with Crippen LogP contribution in [0.5, 0.6) is 0 Å². The summed E-state index contributed by atoms with van der Waals surface area (Å²) in [6.07, 6.45) is 5.14. The molecule has 19 heavy (non-hydrogen) atoms. The molecule has 1 atom stereocenters. The predicted molar refractivity (Wildman–Crippen MR) is 82.1 cm³/mol. The number of thiophene rings is 1. The molecule has 0 spiro atoms. The van der Waals surface area contributed by atoms with E-state index in [0.29, 0.717) is 0 Å². The number of aryl methyl sites for hydroxylation is 2. The van der Waals surface area contributed by atoms with Crippen LogP contribution in [-0.4, -0.2) is 16.3 Å². The Labute approximate surface area is 123 Å². The third-order valence-electron chi connectivity index (χ3n) is 3.03. The van der Waals surface area contributed by atoms with Crippen molar-refractivity contribution in [2.45, 2.75) is 39.8 Å². The van der Waals surface area contributed by atoms with Crippen molar-refractivity contribution in [1.29, 1.82) is 0 Å². The second-order valence-corrected chi connectivity index (χ2v) is 5.91. The summed E-state index contributed by atoms with van der Waals surface area (Å²) >= 11 is 8.11. The van der Waals surface area contributed by atoms with E-state index >= 15 is 0 Å². The van der Waals surface area contributed by atoms with Crippen LogP contribution in [0.4, 0.5) is 0 Å². The molecule has 0 amide bonds. The first-order chi connectivity index (χ1) is 9.17. The molecular formula is C14H20ClN3S. The van der Waals surface area contributed by atoms with Crippen molar-refractivity contribution < 1.29 is 0 Å². The van der Waals surface area contributed by atoms with E-state index in [4.69, 9.17) is 11.6 Å². The molecular weight excluding hydrogens is 278 g/mol. The Kier molecular flexibility index (Phi) is 5.02. The van der Waals surface area contributed by atoms with Gasteiger partial charge in [-0.3, -0.25) is 4.68 Å². The maximum Gasteiger partial charge on any atom is 0.0717 e. The van der Waals surface area contributed by atoms with Crippen LogP contribution < -0.4 is 5.32 Å². The van der Waals surface area contributed by atoms with Gasteiger partial charge in [0.05, 0.1) is 17.3 Å². The number of hydrogen-bond acceptors (Lipinski definition) is 3. The van der Waals surface area contributed by atoms with Crippen LogP contribution in [0.25, 0.3) is 0 Å². The molecule has 104 valence electrons. The number of nitrogens with one attached hydrogen (secondary N) is 1. The molecule has 3 nitrogen and oxygen atoms in total. The van der Waals surface area contributed by atoms with Crippen molar-refractivity contribution in [2.24, 2.45) is 0 Å². The number of rotatable bonds is 6. The van der Waals surface area contributed by atoms with Crippen molar-refractivity contribution in [1.82, 2.24) is 15.1 Å². The zero-order chi connectivity index (χ0) is 13.8. The van der Waals surface area contributed by atoms with Crippen LogP contribution in [0.3, 0.4) is 0 Å². The van der Waals surface area contributed by atoms with E-state index in [1.807, 2.05) is 17.8 Å². The summed E-state index contributed by atoms with van der Waals surface area (Å²) in [5, 5.41) is 10.9. The van der Waals surface area contributed by atoms with E-state index in [2.05, 4.69) is 35.8 Å². The molecule has 2 aromatic rings. The summed E-state index contributed by atoms with van der Waals surface area (Å²) in [6.45, 7) is 8.17. The van der Waals surface area contributed by atoms with Crippen molar-refractivity contribution in [2.75, 3.05) is 6.54 Å². The quantitative estimate of drug-likeness (QED) is 0.873. The lowest BCUT2D eigenvalue weighted by molar-refractivity contribution is 0.598. The highest BCUT2D eigenvalue weighted by atomic mass is 35.5. The minimum atomic E-state index is 0.141. The fraction of sp³-hybridized carbons (Fsp3) is 0.500. The Balaban J connectivity index is 2.31. The number of hydrogen-bond donors (Lipinski definition) is 1. The largest absolute Gasteiger partial charge is 0.306 e. The minimum absolute atomic E-state index is 0.141. The van der Waals surface area contributed by atoms with Gasteiger partial charge in [0.2, 0.25) is 0 Å². The Morgan fingerprint density at radius 1 is 1.47 bits per heavy atom. The molecule has 0 aliphatic heterocycles. The van der Waals surface area contributed by atoms with Crippen LogP contribution in [0.1, 0.15) is 42.3 Å². The van der Waals surface area contributed by atoms with E-state index in [0.717, 1.165) is 30.1 Å². The molecule has 5 heteroatoms. The fourth-order valence-corrected chi connectivity index (χ4v) is 3.49. The lowest BCUT2D eigenvalue weighted by Crippen LogP contribution is -2.21. The monoisotopic (exact) mass is 297 g/mol. The number of aromatic nitrogens is 2. The van der Waals surface area contributed by atoms with Gasteiger partial charge in [-0.25, -0.2) is 0 Å². The normalized spacial score (nSPS) is 12.8. The van der Waals surface area contributed by atoms with Gasteiger partial charge in [0, 0.05) is 23.2 Å². The zero-order valence-corrected chi connectivity index (χ0v) is 13.2. The lowest BCUT2D eigenvalue weighted by atomic mass is 10.1. The minimum Gasteiger partial charge on any atom is -0.306 e. The zero-order valence-electron chi connectivity index (χ0n) is 11.6. The van der Waals surface area contributed by atoms with E-state index < -0.39 is 0 Å². The Hall–Kier alpha value is -0.840. The fourth-order valence-electron chi connectivity index (χ4n) is 2.09. The summed E-state index contributed by atoms with van der Waals surface area (Å²) in [4.78, 5) is 1.18. The van der Waals surface area contributed by atoms with E-state index in [1.165, 1.54) is 10.4 Å². The third kappa shape index (κ3) is 3.19. The van der Waals surface area contributed by atoms with Gasteiger partial charge >= 0.3 is 0 Å². The standard InChI is InChI=1S/C14H20ClN3S/c1-4-6-18-8-11(7-17-18)13(16-5-2)14-12(15)10(3)9-19-14/h7-9,13,16H,4-6H2,1-3H3. The average Bonchev–Trinajstić information content (AvgIpc) is 2.97. The number of nitrogens with zero attached hydrogens (tertiary/aromatic N) is 2. The van der Waals surface area contributed by atoms with Gasteiger partial charge in [0.25, 0.3) is 0 Å². The van der Waals surface area contributed by atoms with E-state index in [1.54, 1.807) is 11.3 Å². The molecule has 2 heterocycles. The third-order valence-corrected chi connectivity index (χ3v) is 4.81. The van der Waals surface area contributed by atoms with E-state index in [9.17, 15) is 0 Å². The topological polar surface area (TPSA) is 29.9 Å². The molecule has 0 saturated heterocycles. The van der Waals surface area contributed by atoms with Crippen molar-refractivity contribution >= 4 is 22.9 Å². The maximum absolute atomic E-state index is 6.40. The first-order valence-electron chi connectivity index (χ1n) is 6.66. The van der Waals surface area contributed by atoms with Crippen LogP contribution in [0.15, 0.2) is 17.8 Å². The summed E-state index contributed by atoms with van der Waals surface area (Å²) in [5.74, 6) is 0. The highest BCUT2D eigenvalue weighted by molar-refractivity contribution is 7.10. The summed E-state index contributed by atoms with van der Waals surface area (Å²) < 4.78 is 1.99. The Morgan fingerprint density at radius 2 is 2.26 bits per heavy atom. The van der Waals surface area contributed by atoms with Gasteiger partial charge in [-0.2, -0.15) is 5.10 Å². The first kappa shape index (κ1) is 14.6. The lowest BCUT2D eigenvalue weighted by Gasteiger charge is -2.15. The van der Waals surface area contributed by atoms with Gasteiger partial charge in [0.1, 0.15) is 0 Å². The van der Waals surface area contributed by atoms with E-state index in [-0.39, 0.29) is 6.04 Å². The molecule has 0 saturated carbocycles. The second kappa shape index (κ2) is 6.55. The molecule has 0 fully saturated rings. The summed E-state index contributed by atoms with van der Waals surface area (Å²) in [7, 11) is 0. The van der Waals surface area contributed by atoms with Crippen molar-refractivity contribution in [3.8, 4) is 0 Å². The SMILES string of the molecule is CCCn1cc(C(NCC)c2scc(C)c2Cl)cn1. The molecule has 0 radical (unpaired) electrons. The highest BCUT2D eigenvalue weighted by Crippen LogP contribution is 2.35. The molecule has 2 rings (SSSR count). The van der Waals surface area contributed by atoms with Crippen LogP contribution in [0.2, 0.25) is 5.02 Å². The molecule has 0 aromatic carbocycles. The molecule has 1 N–H and O–H groups in total. The maximum atomic E-state index is 6.40. The Bertz CT molecular complexity index is 533. The average molecular weight is 298 g/mol. The van der Waals surface area contributed by atoms with Crippen molar-refractivity contribution in [3.05, 3.63) is 38.8 Å². The number of halogens is 1. The first-order valence-corrected chi connectivity index (χ1v) is 7.92. The van der Waals surface area contributed by atoms with Gasteiger partial charge in [-0.05, 0) is 30.8 Å². The molecule has 1 unspecified atom stereocenters. The predicted octanol–water partition coefficient (Wildman–Crippen LogP) is 4.02. The van der Waals surface area contributed by atoms with Crippen molar-refractivity contribution in [3.63, 3.8) is 0 Å². The molecule has 0 aliphatic rings. The van der Waals surface area contributed by atoms with Gasteiger partial charge < -0.3 is 5.32 Å². The summed E-state index contributed by atoms with van der Waals surface area (Å²) in [5.41, 5.74) is 2.32. The molecule has 0 bridgehead atoms. The summed E-state index contributed by atoms with van der Waals surface area (Å²) in [6, 6.07) is 0.141. The molecule has 2 aromatic heterocycles. The van der Waals surface area contributed by atoms with Crippen LogP contribution in [0, 0.1) is 6.92 Å². The smallest absolute Gasteiger partial charge is 0.0717 e. The second-order valence-electron chi connectivity index (χ2n) is 4.62. The van der Waals surface area contributed by atoms with Crippen LogP contribution in [-0.2, 0) is 6.54 Å². The Morgan fingerprint density at radius 3 is 2.84 bits per heavy atom. The van der Waals surface area contributed by atoms with Crippen LogP contribution >= 0.6 is 22.9 Å². The molecule has 0 aliphatic carbocycles. The highest BCUT2D eigenvalue weighted by Gasteiger charge is 2.20. The van der Waals surface area contributed by atoms with Gasteiger partial charge in [-0.15, -0.1) is 11.3 Å². The van der Waals surface area contributed by atoms with Gasteiger partial charge in [0.15, 0.2) is 0 Å². The van der Waals surface area contributed by atoms with Gasteiger partial charge in [-0.1, -0.05) is 25.4 Å².